The quantitative estimate of drug-likeness (QED) is 0.588. The fourth-order valence-corrected chi connectivity index (χ4v) is 5.39. The number of benzene rings is 2. The van der Waals surface area contributed by atoms with Gasteiger partial charge in [-0.1, -0.05) is 69.3 Å². The molecule has 2 amide bonds. The lowest BCUT2D eigenvalue weighted by molar-refractivity contribution is -0.139. The van der Waals surface area contributed by atoms with Crippen LogP contribution in [0.5, 0.6) is 0 Å². The van der Waals surface area contributed by atoms with Gasteiger partial charge >= 0.3 is 12.1 Å². The number of nitrogens with one attached hydrogen (secondary N) is 1. The van der Waals surface area contributed by atoms with Crippen molar-refractivity contribution >= 4 is 18.0 Å². The molecular formula is C28H34N2O5. The Bertz CT molecular complexity index is 1050. The molecule has 2 aromatic rings. The summed E-state index contributed by atoms with van der Waals surface area (Å²) in [7, 11) is 0. The number of likely N-dealkylation sites (tertiary alicyclic amines) is 1. The minimum atomic E-state index is -0.839. The summed E-state index contributed by atoms with van der Waals surface area (Å²) in [5.41, 5.74) is 4.64. The van der Waals surface area contributed by atoms with Gasteiger partial charge in [0.2, 0.25) is 5.91 Å². The summed E-state index contributed by atoms with van der Waals surface area (Å²) in [6.45, 7) is 7.29. The van der Waals surface area contributed by atoms with Crippen molar-refractivity contribution in [2.75, 3.05) is 26.2 Å². The first-order valence-electron chi connectivity index (χ1n) is 12.4. The molecule has 2 aromatic carbocycles. The number of ether oxygens (including phenoxy) is 1. The molecule has 1 saturated heterocycles. The second kappa shape index (κ2) is 10.5. The van der Waals surface area contributed by atoms with E-state index >= 15 is 0 Å². The van der Waals surface area contributed by atoms with Crippen molar-refractivity contribution < 1.29 is 24.2 Å². The van der Waals surface area contributed by atoms with E-state index in [-0.39, 0.29) is 49.2 Å². The second-order valence-electron chi connectivity index (χ2n) is 10.1. The minimum Gasteiger partial charge on any atom is -0.481 e. The molecule has 0 radical (unpaired) electrons. The number of carbonyl (C=O) groups is 3. The third-order valence-corrected chi connectivity index (χ3v) is 7.45. The van der Waals surface area contributed by atoms with E-state index in [1.54, 1.807) is 4.90 Å². The van der Waals surface area contributed by atoms with Crippen molar-refractivity contribution in [3.05, 3.63) is 59.7 Å². The lowest BCUT2D eigenvalue weighted by atomic mass is 9.94. The molecule has 1 heterocycles. The summed E-state index contributed by atoms with van der Waals surface area (Å²) in [4.78, 5) is 38.7. The van der Waals surface area contributed by atoms with Crippen molar-refractivity contribution in [2.45, 2.75) is 33.1 Å². The highest BCUT2D eigenvalue weighted by Crippen LogP contribution is 2.44. The molecule has 7 heteroatoms. The zero-order valence-corrected chi connectivity index (χ0v) is 20.6. The van der Waals surface area contributed by atoms with Gasteiger partial charge in [0.25, 0.3) is 0 Å². The lowest BCUT2D eigenvalue weighted by Gasteiger charge is -2.26. The molecule has 2 aliphatic rings. The highest BCUT2D eigenvalue weighted by Gasteiger charge is 2.37. The average molecular weight is 479 g/mol. The highest BCUT2D eigenvalue weighted by atomic mass is 16.5. The van der Waals surface area contributed by atoms with Crippen LogP contribution in [0.4, 0.5) is 4.79 Å². The first-order chi connectivity index (χ1) is 16.8. The summed E-state index contributed by atoms with van der Waals surface area (Å²) < 4.78 is 5.61. The van der Waals surface area contributed by atoms with Crippen LogP contribution in [0.1, 0.15) is 44.2 Å². The summed E-state index contributed by atoms with van der Waals surface area (Å²) in [6, 6.07) is 16.3. The molecule has 1 fully saturated rings. The Balaban J connectivity index is 1.34. The third kappa shape index (κ3) is 5.34. The Labute approximate surface area is 206 Å². The van der Waals surface area contributed by atoms with Crippen molar-refractivity contribution in [2.24, 2.45) is 23.7 Å². The van der Waals surface area contributed by atoms with Crippen molar-refractivity contribution in [3.8, 4) is 11.1 Å². The smallest absolute Gasteiger partial charge is 0.407 e. The number of rotatable bonds is 8. The summed E-state index contributed by atoms with van der Waals surface area (Å²) in [5.74, 6) is -1.19. The normalized spacial score (nSPS) is 19.8. The molecule has 1 unspecified atom stereocenters. The van der Waals surface area contributed by atoms with Gasteiger partial charge in [-0.15, -0.1) is 0 Å². The Kier molecular flexibility index (Phi) is 7.43. The molecular weight excluding hydrogens is 444 g/mol. The second-order valence-corrected chi connectivity index (χ2v) is 10.1. The molecule has 2 N–H and O–H groups in total. The fourth-order valence-electron chi connectivity index (χ4n) is 5.39. The molecule has 0 bridgehead atoms. The third-order valence-electron chi connectivity index (χ3n) is 7.45. The molecule has 7 nitrogen and oxygen atoms in total. The molecule has 1 aliphatic heterocycles. The van der Waals surface area contributed by atoms with E-state index in [1.807, 2.05) is 45.0 Å². The number of carboxylic acid groups (broad SMARTS) is 1. The van der Waals surface area contributed by atoms with Gasteiger partial charge in [-0.3, -0.25) is 9.59 Å². The predicted octanol–water partition coefficient (Wildman–Crippen LogP) is 4.37. The van der Waals surface area contributed by atoms with Crippen LogP contribution in [0, 0.1) is 23.7 Å². The molecule has 186 valence electrons. The molecule has 3 atom stereocenters. The maximum absolute atomic E-state index is 13.2. The van der Waals surface area contributed by atoms with E-state index in [9.17, 15) is 14.4 Å². The largest absolute Gasteiger partial charge is 0.481 e. The van der Waals surface area contributed by atoms with Crippen LogP contribution in [0.25, 0.3) is 11.1 Å². The maximum Gasteiger partial charge on any atom is 0.407 e. The van der Waals surface area contributed by atoms with Crippen LogP contribution in [0.2, 0.25) is 0 Å². The molecule has 0 saturated carbocycles. The molecule has 1 aliphatic carbocycles. The fraction of sp³-hybridized carbons (Fsp3) is 0.464. The van der Waals surface area contributed by atoms with Crippen LogP contribution in [0.3, 0.4) is 0 Å². The molecule has 4 rings (SSSR count). The topological polar surface area (TPSA) is 95.9 Å². The number of fused-ring (bicyclic) bond motifs is 3. The van der Waals surface area contributed by atoms with Gasteiger partial charge in [-0.25, -0.2) is 4.79 Å². The van der Waals surface area contributed by atoms with Crippen LogP contribution in [-0.4, -0.2) is 54.2 Å². The van der Waals surface area contributed by atoms with Crippen LogP contribution < -0.4 is 5.32 Å². The lowest BCUT2D eigenvalue weighted by Crippen LogP contribution is -2.43. The zero-order chi connectivity index (χ0) is 25.1. The van der Waals surface area contributed by atoms with E-state index < -0.39 is 18.0 Å². The Morgan fingerprint density at radius 3 is 2.20 bits per heavy atom. The zero-order valence-electron chi connectivity index (χ0n) is 20.6. The number of amides is 2. The number of hydrogen-bond donors (Lipinski definition) is 2. The van der Waals surface area contributed by atoms with Gasteiger partial charge in [-0.2, -0.15) is 0 Å². The number of nitrogens with zero attached hydrogens (tertiary/aromatic N) is 1. The van der Waals surface area contributed by atoms with Crippen molar-refractivity contribution in [1.29, 1.82) is 0 Å². The molecule has 0 spiro atoms. The summed E-state index contributed by atoms with van der Waals surface area (Å²) in [6.07, 6.45) is -0.473. The van der Waals surface area contributed by atoms with Crippen molar-refractivity contribution in [1.82, 2.24) is 10.2 Å². The van der Waals surface area contributed by atoms with Gasteiger partial charge in [0, 0.05) is 25.6 Å². The van der Waals surface area contributed by atoms with E-state index in [2.05, 4.69) is 29.6 Å². The van der Waals surface area contributed by atoms with E-state index in [1.165, 1.54) is 11.1 Å². The van der Waals surface area contributed by atoms with Gasteiger partial charge in [0.1, 0.15) is 6.61 Å². The SMILES string of the molecule is CC(C)C(CNC(=O)OCC1c2ccccc2-c2ccccc21)C(=O)N1C[C@@H](CC(=O)O)[C@H](C)C1. The number of carbonyl (C=O) groups excluding carboxylic acids is 2. The predicted molar refractivity (Wildman–Crippen MR) is 133 cm³/mol. The Hall–Kier alpha value is -3.35. The number of alkyl carbamates (subject to hydrolysis) is 1. The van der Waals surface area contributed by atoms with Crippen LogP contribution >= 0.6 is 0 Å². The molecule has 35 heavy (non-hydrogen) atoms. The van der Waals surface area contributed by atoms with Crippen LogP contribution in [-0.2, 0) is 14.3 Å². The van der Waals surface area contributed by atoms with E-state index in [4.69, 9.17) is 9.84 Å². The summed E-state index contributed by atoms with van der Waals surface area (Å²) >= 11 is 0. The Morgan fingerprint density at radius 1 is 1.03 bits per heavy atom. The summed E-state index contributed by atoms with van der Waals surface area (Å²) in [5, 5.41) is 11.9. The number of hydrogen-bond acceptors (Lipinski definition) is 4. The van der Waals surface area contributed by atoms with E-state index in [0.717, 1.165) is 11.1 Å². The number of aliphatic carboxylic acids is 1. The van der Waals surface area contributed by atoms with Crippen molar-refractivity contribution in [3.63, 3.8) is 0 Å². The van der Waals surface area contributed by atoms with Gasteiger partial charge in [0.05, 0.1) is 12.3 Å². The van der Waals surface area contributed by atoms with Gasteiger partial charge < -0.3 is 20.1 Å². The van der Waals surface area contributed by atoms with Gasteiger partial charge in [0.15, 0.2) is 0 Å². The van der Waals surface area contributed by atoms with E-state index in [0.29, 0.717) is 13.1 Å². The van der Waals surface area contributed by atoms with Crippen LogP contribution in [0.15, 0.2) is 48.5 Å². The monoisotopic (exact) mass is 478 g/mol. The minimum absolute atomic E-state index is 0.0187. The molecule has 0 aromatic heterocycles. The first-order valence-corrected chi connectivity index (χ1v) is 12.4. The Morgan fingerprint density at radius 2 is 1.63 bits per heavy atom. The highest BCUT2D eigenvalue weighted by molar-refractivity contribution is 5.81. The first kappa shape index (κ1) is 24.8. The maximum atomic E-state index is 13.2. The van der Waals surface area contributed by atoms with Gasteiger partial charge in [-0.05, 0) is 40.0 Å². The number of carboxylic acids is 1. The average Bonchev–Trinajstić information content (AvgIpc) is 3.34. The standard InChI is InChI=1S/C28H34N2O5/c1-17(2)24(27(33)30-14-18(3)19(15-30)12-26(31)32)13-29-28(34)35-16-25-22-10-6-4-8-20(22)21-9-5-7-11-23(21)25/h4-11,17-19,24-25H,12-16H2,1-3H3,(H,29,34)(H,31,32)/t18-,19-,24?/m1/s1.